The van der Waals surface area contributed by atoms with Crippen LogP contribution in [-0.2, 0) is 9.59 Å². The highest BCUT2D eigenvalue weighted by atomic mass is 35.5. The molecule has 0 bridgehead atoms. The topological polar surface area (TPSA) is 89.0 Å². The molecule has 0 atom stereocenters. The number of ether oxygens (including phenoxy) is 2. The minimum Gasteiger partial charge on any atom is -0.493 e. The molecule has 29 heavy (non-hydrogen) atoms. The van der Waals surface area contributed by atoms with Gasteiger partial charge in [0.05, 0.1) is 19.4 Å². The van der Waals surface area contributed by atoms with Crippen molar-refractivity contribution in [3.8, 4) is 11.5 Å². The highest BCUT2D eigenvalue weighted by Gasteiger charge is 2.08. The Bertz CT molecular complexity index is 884. The molecule has 2 aromatic carbocycles. The summed E-state index contributed by atoms with van der Waals surface area (Å²) in [7, 11) is 1.56. The fourth-order valence-corrected chi connectivity index (χ4v) is 2.56. The zero-order chi connectivity index (χ0) is 21.2. The van der Waals surface area contributed by atoms with Gasteiger partial charge in [-0.2, -0.15) is 5.10 Å². The monoisotopic (exact) mass is 417 g/mol. The van der Waals surface area contributed by atoms with Crippen LogP contribution in [0.1, 0.15) is 32.3 Å². The van der Waals surface area contributed by atoms with Gasteiger partial charge in [-0.25, -0.2) is 5.43 Å². The van der Waals surface area contributed by atoms with Crippen molar-refractivity contribution in [3.05, 3.63) is 53.1 Å². The number of hydrogen-bond acceptors (Lipinski definition) is 5. The molecule has 0 heterocycles. The van der Waals surface area contributed by atoms with Crippen molar-refractivity contribution in [1.29, 1.82) is 0 Å². The zero-order valence-corrected chi connectivity index (χ0v) is 17.3. The van der Waals surface area contributed by atoms with Crippen LogP contribution < -0.4 is 20.2 Å². The van der Waals surface area contributed by atoms with Crippen LogP contribution in [0.25, 0.3) is 0 Å². The van der Waals surface area contributed by atoms with Crippen molar-refractivity contribution in [3.63, 3.8) is 0 Å². The summed E-state index contributed by atoms with van der Waals surface area (Å²) in [5.74, 6) is 0.562. The van der Waals surface area contributed by atoms with E-state index < -0.39 is 0 Å². The van der Waals surface area contributed by atoms with Gasteiger partial charge in [0.1, 0.15) is 0 Å². The van der Waals surface area contributed by atoms with Gasteiger partial charge in [-0.05, 0) is 55.8 Å². The van der Waals surface area contributed by atoms with Gasteiger partial charge in [-0.15, -0.1) is 0 Å². The highest BCUT2D eigenvalue weighted by Crippen LogP contribution is 2.28. The molecule has 0 unspecified atom stereocenters. The molecular weight excluding hydrogens is 394 g/mol. The van der Waals surface area contributed by atoms with E-state index in [2.05, 4.69) is 15.8 Å². The number of rotatable bonds is 9. The van der Waals surface area contributed by atoms with E-state index in [1.54, 1.807) is 49.6 Å². The van der Waals surface area contributed by atoms with Gasteiger partial charge in [0.25, 0.3) is 0 Å². The lowest BCUT2D eigenvalue weighted by atomic mass is 10.2. The second-order valence-electron chi connectivity index (χ2n) is 6.43. The summed E-state index contributed by atoms with van der Waals surface area (Å²) in [6.07, 6.45) is 1.56. The third kappa shape index (κ3) is 7.83. The minimum absolute atomic E-state index is 0.00816. The van der Waals surface area contributed by atoms with Gasteiger partial charge >= 0.3 is 0 Å². The summed E-state index contributed by atoms with van der Waals surface area (Å²) in [5.41, 5.74) is 3.72. The summed E-state index contributed by atoms with van der Waals surface area (Å²) >= 11 is 5.87. The molecule has 7 nitrogen and oxygen atoms in total. The number of nitrogens with one attached hydrogen (secondary N) is 2. The number of nitrogens with zero attached hydrogens (tertiary/aromatic N) is 1. The van der Waals surface area contributed by atoms with E-state index in [9.17, 15) is 9.59 Å². The molecule has 0 aliphatic heterocycles. The molecule has 2 aromatic rings. The summed E-state index contributed by atoms with van der Waals surface area (Å²) in [5, 5.41) is 7.12. The Morgan fingerprint density at radius 1 is 1.10 bits per heavy atom. The van der Waals surface area contributed by atoms with Gasteiger partial charge in [0, 0.05) is 23.6 Å². The molecule has 0 spiro atoms. The standard InChI is InChI=1S/C21H24ClN3O4/c1-14(2)29-18-8-7-15(11-19(18)28-3)13-23-25-21(27)10-9-20(26)24-17-6-4-5-16(22)12-17/h4-8,11-14H,9-10H2,1-3H3,(H,24,26)(H,25,27)/b23-13+. The quantitative estimate of drug-likeness (QED) is 0.476. The van der Waals surface area contributed by atoms with Crippen LogP contribution in [0, 0.1) is 0 Å². The first kappa shape index (κ1) is 22.2. The van der Waals surface area contributed by atoms with Crippen molar-refractivity contribution >= 4 is 35.3 Å². The number of methoxy groups -OCH3 is 1. The largest absolute Gasteiger partial charge is 0.493 e. The summed E-state index contributed by atoms with van der Waals surface area (Å²) in [6, 6.07) is 12.1. The Hall–Kier alpha value is -3.06. The molecule has 2 rings (SSSR count). The SMILES string of the molecule is COc1cc(/C=N/NC(=O)CCC(=O)Nc2cccc(Cl)c2)ccc1OC(C)C. The average molecular weight is 418 g/mol. The zero-order valence-electron chi connectivity index (χ0n) is 16.6. The van der Waals surface area contributed by atoms with E-state index in [0.29, 0.717) is 22.2 Å². The summed E-state index contributed by atoms with van der Waals surface area (Å²) in [4.78, 5) is 23.8. The number of halogens is 1. The molecule has 154 valence electrons. The maximum Gasteiger partial charge on any atom is 0.240 e. The van der Waals surface area contributed by atoms with Crippen LogP contribution in [0.15, 0.2) is 47.6 Å². The molecule has 0 fully saturated rings. The number of carbonyl (C=O) groups excluding carboxylic acids is 2. The maximum atomic E-state index is 11.9. The third-order valence-corrected chi connectivity index (χ3v) is 3.88. The molecule has 0 saturated carbocycles. The second-order valence-corrected chi connectivity index (χ2v) is 6.87. The molecule has 0 radical (unpaired) electrons. The van der Waals surface area contributed by atoms with Crippen LogP contribution in [0.2, 0.25) is 5.02 Å². The van der Waals surface area contributed by atoms with Crippen molar-refractivity contribution in [1.82, 2.24) is 5.43 Å². The Morgan fingerprint density at radius 3 is 2.55 bits per heavy atom. The van der Waals surface area contributed by atoms with Crippen LogP contribution in [-0.4, -0.2) is 31.2 Å². The van der Waals surface area contributed by atoms with Crippen molar-refractivity contribution in [2.24, 2.45) is 5.10 Å². The molecule has 2 N–H and O–H groups in total. The summed E-state index contributed by atoms with van der Waals surface area (Å²) in [6.45, 7) is 3.86. The van der Waals surface area contributed by atoms with Crippen LogP contribution in [0.5, 0.6) is 11.5 Å². The highest BCUT2D eigenvalue weighted by molar-refractivity contribution is 6.30. The Kier molecular flexibility index (Phi) is 8.48. The molecule has 0 saturated heterocycles. The predicted molar refractivity (Wildman–Crippen MR) is 114 cm³/mol. The molecule has 0 aliphatic rings. The molecule has 0 aliphatic carbocycles. The van der Waals surface area contributed by atoms with E-state index in [1.165, 1.54) is 6.21 Å². The molecule has 8 heteroatoms. The number of hydrogen-bond donors (Lipinski definition) is 2. The smallest absolute Gasteiger partial charge is 0.240 e. The fourth-order valence-electron chi connectivity index (χ4n) is 2.37. The third-order valence-electron chi connectivity index (χ3n) is 3.64. The maximum absolute atomic E-state index is 11.9. The van der Waals surface area contributed by atoms with Crippen LogP contribution >= 0.6 is 11.6 Å². The van der Waals surface area contributed by atoms with Gasteiger partial charge in [0.15, 0.2) is 11.5 Å². The number of amides is 2. The molecule has 0 aromatic heterocycles. The van der Waals surface area contributed by atoms with E-state index in [4.69, 9.17) is 21.1 Å². The van der Waals surface area contributed by atoms with E-state index >= 15 is 0 Å². The lowest BCUT2D eigenvalue weighted by molar-refractivity contribution is -0.124. The van der Waals surface area contributed by atoms with Crippen LogP contribution in [0.4, 0.5) is 5.69 Å². The Morgan fingerprint density at radius 2 is 1.86 bits per heavy atom. The summed E-state index contributed by atoms with van der Waals surface area (Å²) < 4.78 is 11.0. The minimum atomic E-state index is -0.366. The molecular formula is C21H24ClN3O4. The number of hydrazone groups is 1. The van der Waals surface area contributed by atoms with E-state index in [0.717, 1.165) is 5.56 Å². The van der Waals surface area contributed by atoms with Gasteiger partial charge < -0.3 is 14.8 Å². The number of benzene rings is 2. The van der Waals surface area contributed by atoms with Gasteiger partial charge in [-0.1, -0.05) is 17.7 Å². The normalized spacial score (nSPS) is 10.8. The Labute approximate surface area is 175 Å². The van der Waals surface area contributed by atoms with E-state index in [-0.39, 0.29) is 30.8 Å². The van der Waals surface area contributed by atoms with Crippen molar-refractivity contribution in [2.75, 3.05) is 12.4 Å². The lowest BCUT2D eigenvalue weighted by Gasteiger charge is -2.13. The van der Waals surface area contributed by atoms with Gasteiger partial charge in [-0.3, -0.25) is 9.59 Å². The fraction of sp³-hybridized carbons (Fsp3) is 0.286. The first-order valence-electron chi connectivity index (χ1n) is 9.09. The van der Waals surface area contributed by atoms with Gasteiger partial charge in [0.2, 0.25) is 11.8 Å². The first-order chi connectivity index (χ1) is 13.9. The van der Waals surface area contributed by atoms with Crippen molar-refractivity contribution in [2.45, 2.75) is 32.8 Å². The number of anilines is 1. The second kappa shape index (κ2) is 11.1. The average Bonchev–Trinajstić information content (AvgIpc) is 2.67. The van der Waals surface area contributed by atoms with Crippen molar-refractivity contribution < 1.29 is 19.1 Å². The molecule has 2 amide bonds. The number of carbonyl (C=O) groups is 2. The lowest BCUT2D eigenvalue weighted by Crippen LogP contribution is -2.20. The Balaban J connectivity index is 1.81. The predicted octanol–water partition coefficient (Wildman–Crippen LogP) is 4.00. The van der Waals surface area contributed by atoms with Crippen LogP contribution in [0.3, 0.4) is 0 Å². The first-order valence-corrected chi connectivity index (χ1v) is 9.47. The van der Waals surface area contributed by atoms with E-state index in [1.807, 2.05) is 13.8 Å².